The molecule has 0 radical (unpaired) electrons. The number of carbonyl (C=O) groups is 1. The lowest BCUT2D eigenvalue weighted by Crippen LogP contribution is -2.47. The molecule has 0 saturated heterocycles. The summed E-state index contributed by atoms with van der Waals surface area (Å²) in [4.78, 5) is 13.1. The molecule has 1 aromatic rings. The van der Waals surface area contributed by atoms with Crippen LogP contribution in [0.5, 0.6) is 5.75 Å². The number of carboxylic acids is 1. The van der Waals surface area contributed by atoms with Crippen molar-refractivity contribution in [2.45, 2.75) is 70.7 Å². The maximum atomic E-state index is 13.8. The third-order valence-corrected chi connectivity index (χ3v) is 8.41. The van der Waals surface area contributed by atoms with Crippen molar-refractivity contribution >= 4 is 21.7 Å². The second-order valence-electron chi connectivity index (χ2n) is 10.2. The van der Waals surface area contributed by atoms with E-state index in [1.54, 1.807) is 13.1 Å². The molecule has 33 heavy (non-hydrogen) atoms. The topological polar surface area (TPSA) is 87.1 Å². The highest BCUT2D eigenvalue weighted by molar-refractivity contribution is 7.89. The Kier molecular flexibility index (Phi) is 7.43. The Morgan fingerprint density at radius 1 is 1.27 bits per heavy atom. The van der Waals surface area contributed by atoms with Crippen molar-refractivity contribution in [2.75, 3.05) is 25.0 Å². The molecule has 0 bridgehead atoms. The Hall–Kier alpha value is -2.13. The standard InChI is InChI=1S/C24H35FN2O5S/c1-6-16-11-19-22(12-21(16)32-14-18(25)23(28)29)33(30,31)26(5)20(17-9-7-8-10-17)13-27(19)15-24(2,3)4/h11-12,14,17,20H,6-10,13,15H2,1-5H3,(H,28,29)/b18-14-/t20-/m0/s1. The van der Waals surface area contributed by atoms with Crippen LogP contribution in [-0.2, 0) is 21.2 Å². The lowest BCUT2D eigenvalue weighted by molar-refractivity contribution is -0.134. The van der Waals surface area contributed by atoms with E-state index in [-0.39, 0.29) is 22.1 Å². The van der Waals surface area contributed by atoms with Gasteiger partial charge >= 0.3 is 5.97 Å². The van der Waals surface area contributed by atoms with Gasteiger partial charge in [-0.2, -0.15) is 8.70 Å². The first-order valence-corrected chi connectivity index (χ1v) is 12.9. The van der Waals surface area contributed by atoms with Crippen molar-refractivity contribution in [1.29, 1.82) is 0 Å². The monoisotopic (exact) mass is 482 g/mol. The molecule has 1 fully saturated rings. The summed E-state index contributed by atoms with van der Waals surface area (Å²) in [6.45, 7) is 9.53. The SMILES string of the molecule is CCc1cc2c(cc1O/C=C(\F)C(=O)O)S(=O)(=O)N(C)[C@H](C1CCCC1)CN2CC(C)(C)C. The quantitative estimate of drug-likeness (QED) is 0.472. The van der Waals surface area contributed by atoms with Crippen molar-refractivity contribution in [3.8, 4) is 5.75 Å². The van der Waals surface area contributed by atoms with Gasteiger partial charge in [-0.05, 0) is 42.2 Å². The largest absolute Gasteiger partial charge is 0.476 e. The number of anilines is 1. The number of aliphatic carboxylic acids is 1. The predicted molar refractivity (Wildman–Crippen MR) is 126 cm³/mol. The number of sulfonamides is 1. The van der Waals surface area contributed by atoms with E-state index in [9.17, 15) is 17.6 Å². The highest BCUT2D eigenvalue weighted by Gasteiger charge is 2.41. The summed E-state index contributed by atoms with van der Waals surface area (Å²) in [5.41, 5.74) is 1.22. The maximum Gasteiger partial charge on any atom is 0.368 e. The fraction of sp³-hybridized carbons (Fsp3) is 0.625. The van der Waals surface area contributed by atoms with Gasteiger partial charge in [0.1, 0.15) is 16.9 Å². The van der Waals surface area contributed by atoms with E-state index in [1.165, 1.54) is 10.4 Å². The average molecular weight is 483 g/mol. The van der Waals surface area contributed by atoms with Crippen molar-refractivity contribution < 1.29 is 27.4 Å². The third kappa shape index (κ3) is 5.51. The molecule has 1 aromatic carbocycles. The number of hydrogen-bond donors (Lipinski definition) is 1. The number of carboxylic acid groups (broad SMARTS) is 1. The lowest BCUT2D eigenvalue weighted by atomic mass is 9.93. The fourth-order valence-electron chi connectivity index (χ4n) is 4.88. The molecule has 184 valence electrons. The molecule has 1 N–H and O–H groups in total. The number of likely N-dealkylation sites (N-methyl/N-ethyl adjacent to an activating group) is 1. The minimum absolute atomic E-state index is 0.0704. The number of benzene rings is 1. The number of fused-ring (bicyclic) bond motifs is 1. The van der Waals surface area contributed by atoms with Gasteiger partial charge in [0, 0.05) is 32.2 Å². The molecular formula is C24H35FN2O5S. The van der Waals surface area contributed by atoms with Crippen molar-refractivity contribution in [3.05, 3.63) is 29.8 Å². The molecule has 1 heterocycles. The predicted octanol–water partition coefficient (Wildman–Crippen LogP) is 4.57. The van der Waals surface area contributed by atoms with Gasteiger partial charge in [0.25, 0.3) is 0 Å². The summed E-state index contributed by atoms with van der Waals surface area (Å²) in [6, 6.07) is 3.06. The van der Waals surface area contributed by atoms with E-state index in [0.29, 0.717) is 42.9 Å². The first-order valence-electron chi connectivity index (χ1n) is 11.5. The number of halogens is 1. The molecule has 1 aliphatic carbocycles. The zero-order valence-electron chi connectivity index (χ0n) is 20.1. The van der Waals surface area contributed by atoms with Crippen molar-refractivity contribution in [2.24, 2.45) is 11.3 Å². The van der Waals surface area contributed by atoms with E-state index in [0.717, 1.165) is 25.7 Å². The van der Waals surface area contributed by atoms with Gasteiger partial charge in [-0.3, -0.25) is 0 Å². The van der Waals surface area contributed by atoms with Crippen molar-refractivity contribution in [1.82, 2.24) is 4.31 Å². The van der Waals surface area contributed by atoms with Crippen LogP contribution in [0.1, 0.15) is 58.9 Å². The number of nitrogens with zero attached hydrogens (tertiary/aromatic N) is 2. The van der Waals surface area contributed by atoms with E-state index in [2.05, 4.69) is 25.7 Å². The maximum absolute atomic E-state index is 13.8. The Morgan fingerprint density at radius 2 is 1.91 bits per heavy atom. The molecule has 7 nitrogen and oxygen atoms in total. The van der Waals surface area contributed by atoms with Gasteiger partial charge < -0.3 is 14.7 Å². The summed E-state index contributed by atoms with van der Waals surface area (Å²) in [5.74, 6) is -2.76. The Bertz CT molecular complexity index is 1030. The Labute approximate surface area is 196 Å². The average Bonchev–Trinajstić information content (AvgIpc) is 3.25. The van der Waals surface area contributed by atoms with Gasteiger partial charge in [0.05, 0.1) is 5.69 Å². The number of aryl methyl sites for hydroxylation is 1. The molecule has 0 unspecified atom stereocenters. The second-order valence-corrected chi connectivity index (χ2v) is 12.2. The van der Waals surface area contributed by atoms with Crippen LogP contribution in [0, 0.1) is 11.3 Å². The van der Waals surface area contributed by atoms with Gasteiger partial charge in [-0.1, -0.05) is 40.5 Å². The molecule has 1 saturated carbocycles. The van der Waals surface area contributed by atoms with Crippen LogP contribution in [0.25, 0.3) is 0 Å². The van der Waals surface area contributed by atoms with Gasteiger partial charge in [-0.25, -0.2) is 13.2 Å². The van der Waals surface area contributed by atoms with Crippen LogP contribution in [-0.4, -0.2) is 50.0 Å². The van der Waals surface area contributed by atoms with Gasteiger partial charge in [-0.15, -0.1) is 0 Å². The first kappa shape index (κ1) is 25.5. The zero-order valence-corrected chi connectivity index (χ0v) is 20.9. The molecule has 3 rings (SSSR count). The molecule has 0 amide bonds. The number of rotatable bonds is 6. The molecule has 1 aliphatic heterocycles. The smallest absolute Gasteiger partial charge is 0.368 e. The summed E-state index contributed by atoms with van der Waals surface area (Å²) >= 11 is 0. The fourth-order valence-corrected chi connectivity index (χ4v) is 6.50. The van der Waals surface area contributed by atoms with E-state index < -0.39 is 21.8 Å². The van der Waals surface area contributed by atoms with Crippen LogP contribution in [0.15, 0.2) is 29.1 Å². The van der Waals surface area contributed by atoms with Crippen LogP contribution in [0.4, 0.5) is 10.1 Å². The highest BCUT2D eigenvalue weighted by atomic mass is 32.2. The van der Waals surface area contributed by atoms with Gasteiger partial charge in [0.15, 0.2) is 0 Å². The summed E-state index contributed by atoms with van der Waals surface area (Å²) in [5, 5.41) is 8.78. The van der Waals surface area contributed by atoms with Crippen LogP contribution >= 0.6 is 0 Å². The van der Waals surface area contributed by atoms with E-state index >= 15 is 0 Å². The normalized spacial score (nSPS) is 22.2. The molecule has 0 aromatic heterocycles. The number of hydrogen-bond acceptors (Lipinski definition) is 5. The zero-order chi connectivity index (χ0) is 24.6. The minimum atomic E-state index is -3.85. The van der Waals surface area contributed by atoms with Crippen LogP contribution in [0.3, 0.4) is 0 Å². The summed E-state index contributed by atoms with van der Waals surface area (Å²) < 4.78 is 47.9. The molecule has 1 atom stereocenters. The lowest BCUT2D eigenvalue weighted by Gasteiger charge is -2.36. The molecule has 0 spiro atoms. The highest BCUT2D eigenvalue weighted by Crippen LogP contribution is 2.42. The van der Waals surface area contributed by atoms with E-state index in [1.807, 2.05) is 6.92 Å². The first-order chi connectivity index (χ1) is 15.3. The van der Waals surface area contributed by atoms with Gasteiger partial charge in [0.2, 0.25) is 15.9 Å². The van der Waals surface area contributed by atoms with Crippen molar-refractivity contribution in [3.63, 3.8) is 0 Å². The Morgan fingerprint density at radius 3 is 2.45 bits per heavy atom. The Balaban J connectivity index is 2.16. The third-order valence-electron chi connectivity index (χ3n) is 6.50. The van der Waals surface area contributed by atoms with E-state index in [4.69, 9.17) is 9.84 Å². The number of ether oxygens (including phenoxy) is 1. The summed E-state index contributed by atoms with van der Waals surface area (Å²) in [6.07, 6.45) is 5.26. The summed E-state index contributed by atoms with van der Waals surface area (Å²) in [7, 11) is -2.21. The molecule has 9 heteroatoms. The molecule has 2 aliphatic rings. The second kappa shape index (κ2) is 9.62. The van der Waals surface area contributed by atoms with Crippen LogP contribution in [0.2, 0.25) is 0 Å². The minimum Gasteiger partial charge on any atom is -0.476 e. The van der Waals surface area contributed by atoms with Crippen LogP contribution < -0.4 is 9.64 Å². The molecular weight excluding hydrogens is 447 g/mol.